The summed E-state index contributed by atoms with van der Waals surface area (Å²) in [5.41, 5.74) is 3.25. The molecule has 1 amide bonds. The van der Waals surface area contributed by atoms with Crippen LogP contribution in [0.4, 0.5) is 10.1 Å². The highest BCUT2D eigenvalue weighted by Gasteiger charge is 2.17. The monoisotopic (exact) mass is 366 g/mol. The number of hydrogen-bond acceptors (Lipinski definition) is 4. The molecule has 138 valence electrons. The largest absolute Gasteiger partial charge is 0.482 e. The number of anilines is 1. The highest BCUT2D eigenvalue weighted by Crippen LogP contribution is 2.30. The van der Waals surface area contributed by atoms with Crippen LogP contribution in [0, 0.1) is 5.82 Å². The molecule has 0 fully saturated rings. The van der Waals surface area contributed by atoms with Gasteiger partial charge in [0.15, 0.2) is 6.61 Å². The second kappa shape index (κ2) is 7.20. The van der Waals surface area contributed by atoms with E-state index < -0.39 is 0 Å². The van der Waals surface area contributed by atoms with Crippen molar-refractivity contribution in [3.8, 4) is 11.4 Å². The fourth-order valence-corrected chi connectivity index (χ4v) is 2.96. The number of aromatic nitrogens is 2. The second-order valence-electron chi connectivity index (χ2n) is 6.43. The van der Waals surface area contributed by atoms with Crippen molar-refractivity contribution >= 4 is 11.6 Å². The molecule has 1 aromatic heterocycles. The molecule has 1 atom stereocenters. The Labute approximate surface area is 156 Å². The van der Waals surface area contributed by atoms with Crippen LogP contribution in [-0.2, 0) is 11.3 Å². The van der Waals surface area contributed by atoms with Crippen LogP contribution in [0.5, 0.6) is 5.75 Å². The van der Waals surface area contributed by atoms with Gasteiger partial charge in [-0.05, 0) is 48.9 Å². The zero-order chi connectivity index (χ0) is 18.8. The Bertz CT molecular complexity index is 986. The summed E-state index contributed by atoms with van der Waals surface area (Å²) in [6.45, 7) is 2.65. The van der Waals surface area contributed by atoms with E-state index in [1.54, 1.807) is 16.8 Å². The van der Waals surface area contributed by atoms with Gasteiger partial charge in [0.05, 0.1) is 17.1 Å². The molecule has 0 bridgehead atoms. The molecule has 2 aromatic carbocycles. The molecule has 2 heterocycles. The zero-order valence-corrected chi connectivity index (χ0v) is 14.8. The number of nitrogens with one attached hydrogen (secondary N) is 2. The SMILES string of the molecule is CC(NCc1ccn(-c2cccc(F)c2)n1)c1ccc2c(c1)NC(=O)CO2. The molecule has 0 saturated carbocycles. The Hall–Kier alpha value is -3.19. The Balaban J connectivity index is 1.42. The van der Waals surface area contributed by atoms with Crippen LogP contribution in [-0.4, -0.2) is 22.3 Å². The van der Waals surface area contributed by atoms with E-state index >= 15 is 0 Å². The lowest BCUT2D eigenvalue weighted by atomic mass is 10.1. The minimum atomic E-state index is -0.292. The fraction of sp³-hybridized carbons (Fsp3) is 0.200. The highest BCUT2D eigenvalue weighted by atomic mass is 19.1. The first-order valence-electron chi connectivity index (χ1n) is 8.69. The van der Waals surface area contributed by atoms with Crippen molar-refractivity contribution in [2.75, 3.05) is 11.9 Å². The fourth-order valence-electron chi connectivity index (χ4n) is 2.96. The molecule has 4 rings (SSSR count). The number of fused-ring (bicyclic) bond motifs is 1. The summed E-state index contributed by atoms with van der Waals surface area (Å²) < 4.78 is 20.4. The standard InChI is InChI=1S/C20H19FN4O2/c1-13(14-5-6-19-18(9-14)23-20(26)12-27-19)22-11-16-7-8-25(24-16)17-4-2-3-15(21)10-17/h2-10,13,22H,11-12H2,1H3,(H,23,26). The van der Waals surface area contributed by atoms with Crippen molar-refractivity contribution in [1.82, 2.24) is 15.1 Å². The van der Waals surface area contributed by atoms with Gasteiger partial charge in [-0.3, -0.25) is 4.79 Å². The summed E-state index contributed by atoms with van der Waals surface area (Å²) in [6.07, 6.45) is 1.81. The molecule has 7 heteroatoms. The number of amides is 1. The van der Waals surface area contributed by atoms with Gasteiger partial charge in [-0.2, -0.15) is 5.10 Å². The third-order valence-electron chi connectivity index (χ3n) is 4.44. The number of halogens is 1. The maximum Gasteiger partial charge on any atom is 0.262 e. The Morgan fingerprint density at radius 3 is 3.04 bits per heavy atom. The van der Waals surface area contributed by atoms with Gasteiger partial charge in [0.2, 0.25) is 0 Å². The Morgan fingerprint density at radius 1 is 1.30 bits per heavy atom. The minimum absolute atomic E-state index is 0.0495. The molecule has 0 aliphatic carbocycles. The van der Waals surface area contributed by atoms with E-state index in [1.807, 2.05) is 37.4 Å². The summed E-state index contributed by atoms with van der Waals surface area (Å²) in [7, 11) is 0. The lowest BCUT2D eigenvalue weighted by Gasteiger charge is -2.20. The predicted molar refractivity (Wildman–Crippen MR) is 99.3 cm³/mol. The van der Waals surface area contributed by atoms with Crippen molar-refractivity contribution in [3.05, 3.63) is 71.8 Å². The van der Waals surface area contributed by atoms with Gasteiger partial charge in [-0.1, -0.05) is 12.1 Å². The first-order chi connectivity index (χ1) is 13.1. The van der Waals surface area contributed by atoms with E-state index in [1.165, 1.54) is 12.1 Å². The van der Waals surface area contributed by atoms with Gasteiger partial charge in [0, 0.05) is 18.8 Å². The average Bonchev–Trinajstić information content (AvgIpc) is 3.14. The zero-order valence-electron chi connectivity index (χ0n) is 14.8. The number of hydrogen-bond donors (Lipinski definition) is 2. The lowest BCUT2D eigenvalue weighted by Crippen LogP contribution is -2.26. The summed E-state index contributed by atoms with van der Waals surface area (Å²) in [5, 5.41) is 10.7. The van der Waals surface area contributed by atoms with E-state index in [0.29, 0.717) is 23.7 Å². The molecule has 0 spiro atoms. The van der Waals surface area contributed by atoms with E-state index in [-0.39, 0.29) is 24.4 Å². The van der Waals surface area contributed by atoms with E-state index in [4.69, 9.17) is 4.74 Å². The summed E-state index contributed by atoms with van der Waals surface area (Å²) in [5.74, 6) is 0.238. The quantitative estimate of drug-likeness (QED) is 0.728. The Kier molecular flexibility index (Phi) is 4.60. The van der Waals surface area contributed by atoms with E-state index in [0.717, 1.165) is 11.3 Å². The first-order valence-corrected chi connectivity index (χ1v) is 8.69. The first kappa shape index (κ1) is 17.2. The molecular formula is C20H19FN4O2. The van der Waals surface area contributed by atoms with Crippen LogP contribution in [0.25, 0.3) is 5.69 Å². The van der Waals surface area contributed by atoms with Gasteiger partial charge in [0.25, 0.3) is 5.91 Å². The van der Waals surface area contributed by atoms with Gasteiger partial charge < -0.3 is 15.4 Å². The maximum atomic E-state index is 13.4. The van der Waals surface area contributed by atoms with Crippen molar-refractivity contribution in [1.29, 1.82) is 0 Å². The van der Waals surface area contributed by atoms with Gasteiger partial charge in [-0.25, -0.2) is 9.07 Å². The molecule has 3 aromatic rings. The highest BCUT2D eigenvalue weighted by molar-refractivity contribution is 5.95. The summed E-state index contributed by atoms with van der Waals surface area (Å²) >= 11 is 0. The summed E-state index contributed by atoms with van der Waals surface area (Å²) in [6, 6.07) is 14.0. The number of ether oxygens (including phenoxy) is 1. The van der Waals surface area contributed by atoms with E-state index in [9.17, 15) is 9.18 Å². The summed E-state index contributed by atoms with van der Waals surface area (Å²) in [4.78, 5) is 11.5. The van der Waals surface area contributed by atoms with Gasteiger partial charge in [-0.15, -0.1) is 0 Å². The number of carbonyl (C=O) groups is 1. The van der Waals surface area contributed by atoms with Crippen LogP contribution in [0.3, 0.4) is 0 Å². The number of nitrogens with zero attached hydrogens (tertiary/aromatic N) is 2. The topological polar surface area (TPSA) is 68.2 Å². The van der Waals surface area contributed by atoms with Crippen molar-refractivity contribution in [3.63, 3.8) is 0 Å². The molecular weight excluding hydrogens is 347 g/mol. The van der Waals surface area contributed by atoms with Crippen molar-refractivity contribution in [2.45, 2.75) is 19.5 Å². The maximum absolute atomic E-state index is 13.4. The molecule has 0 saturated heterocycles. The lowest BCUT2D eigenvalue weighted by molar-refractivity contribution is -0.118. The van der Waals surface area contributed by atoms with Gasteiger partial charge >= 0.3 is 0 Å². The minimum Gasteiger partial charge on any atom is -0.482 e. The number of benzene rings is 2. The van der Waals surface area contributed by atoms with Crippen LogP contribution in [0.1, 0.15) is 24.2 Å². The van der Waals surface area contributed by atoms with Crippen LogP contribution in [0.15, 0.2) is 54.7 Å². The molecule has 2 N–H and O–H groups in total. The average molecular weight is 366 g/mol. The smallest absolute Gasteiger partial charge is 0.262 e. The molecule has 1 aliphatic heterocycles. The molecule has 6 nitrogen and oxygen atoms in total. The van der Waals surface area contributed by atoms with E-state index in [2.05, 4.69) is 15.7 Å². The van der Waals surface area contributed by atoms with Crippen LogP contribution < -0.4 is 15.4 Å². The van der Waals surface area contributed by atoms with Gasteiger partial charge in [0.1, 0.15) is 11.6 Å². The molecule has 1 aliphatic rings. The normalized spacial score (nSPS) is 14.2. The number of carbonyl (C=O) groups excluding carboxylic acids is 1. The van der Waals surface area contributed by atoms with Crippen molar-refractivity contribution in [2.24, 2.45) is 0 Å². The molecule has 0 radical (unpaired) electrons. The number of rotatable bonds is 5. The predicted octanol–water partition coefficient (Wildman–Crippen LogP) is 3.19. The molecule has 27 heavy (non-hydrogen) atoms. The third kappa shape index (κ3) is 3.83. The van der Waals surface area contributed by atoms with Crippen molar-refractivity contribution < 1.29 is 13.9 Å². The van der Waals surface area contributed by atoms with Crippen LogP contribution >= 0.6 is 0 Å². The molecule has 1 unspecified atom stereocenters. The second-order valence-corrected chi connectivity index (χ2v) is 6.43. The van der Waals surface area contributed by atoms with Crippen LogP contribution in [0.2, 0.25) is 0 Å². The third-order valence-corrected chi connectivity index (χ3v) is 4.44. The Morgan fingerprint density at radius 2 is 2.19 bits per heavy atom.